The number of nitro groups is 1. The zero-order valence-electron chi connectivity index (χ0n) is 11.5. The molecular formula is C15H13FN2O3S. The molecule has 0 bridgehead atoms. The number of amides is 1. The topological polar surface area (TPSA) is 72.2 Å². The zero-order chi connectivity index (χ0) is 15.9. The van der Waals surface area contributed by atoms with Crippen LogP contribution in [0.5, 0.6) is 0 Å². The van der Waals surface area contributed by atoms with E-state index in [0.29, 0.717) is 5.56 Å². The molecule has 0 aliphatic carbocycles. The summed E-state index contributed by atoms with van der Waals surface area (Å²) >= 11 is 1.26. The molecule has 2 aromatic carbocycles. The fourth-order valence-corrected chi connectivity index (χ4v) is 2.43. The van der Waals surface area contributed by atoms with E-state index in [2.05, 4.69) is 5.32 Å². The number of thioether (sulfide) groups is 1. The van der Waals surface area contributed by atoms with Crippen LogP contribution in [0.1, 0.15) is 5.56 Å². The van der Waals surface area contributed by atoms with Gasteiger partial charge in [-0.2, -0.15) is 0 Å². The molecule has 1 amide bonds. The highest BCUT2D eigenvalue weighted by molar-refractivity contribution is 8.00. The summed E-state index contributed by atoms with van der Waals surface area (Å²) in [5.41, 5.74) is 0.435. The Labute approximate surface area is 130 Å². The van der Waals surface area contributed by atoms with Crippen LogP contribution in [0.3, 0.4) is 0 Å². The first kappa shape index (κ1) is 16.0. The minimum atomic E-state index is -0.477. The lowest BCUT2D eigenvalue weighted by atomic mass is 10.2. The molecule has 0 aliphatic heterocycles. The number of nitrogens with zero attached hydrogens (tertiary/aromatic N) is 1. The molecule has 5 nitrogen and oxygen atoms in total. The third-order valence-electron chi connectivity index (χ3n) is 2.85. The molecule has 1 N–H and O–H groups in total. The Morgan fingerprint density at radius 1 is 1.18 bits per heavy atom. The average Bonchev–Trinajstić information content (AvgIpc) is 2.52. The van der Waals surface area contributed by atoms with Crippen molar-refractivity contribution in [3.63, 3.8) is 0 Å². The van der Waals surface area contributed by atoms with Gasteiger partial charge in [0.05, 0.1) is 10.7 Å². The van der Waals surface area contributed by atoms with Crippen LogP contribution in [0.25, 0.3) is 0 Å². The minimum absolute atomic E-state index is 0.00774. The maximum Gasteiger partial charge on any atom is 0.269 e. The Morgan fingerprint density at radius 3 is 2.50 bits per heavy atom. The molecule has 0 heterocycles. The standard InChI is InChI=1S/C15H13FN2O3S/c16-14-4-2-1-3-11(14)9-17-15(19)10-22-13-7-5-12(6-8-13)18(20)21/h1-8H,9-10H2,(H,17,19). The van der Waals surface area contributed by atoms with Crippen molar-refractivity contribution in [2.45, 2.75) is 11.4 Å². The lowest BCUT2D eigenvalue weighted by molar-refractivity contribution is -0.384. The highest BCUT2D eigenvalue weighted by Crippen LogP contribution is 2.21. The van der Waals surface area contributed by atoms with Crippen molar-refractivity contribution < 1.29 is 14.1 Å². The lowest BCUT2D eigenvalue weighted by Gasteiger charge is -2.06. The van der Waals surface area contributed by atoms with Crippen LogP contribution in [0.2, 0.25) is 0 Å². The number of nitrogens with one attached hydrogen (secondary N) is 1. The van der Waals surface area contributed by atoms with E-state index in [9.17, 15) is 19.3 Å². The lowest BCUT2D eigenvalue weighted by Crippen LogP contribution is -2.24. The number of rotatable bonds is 6. The van der Waals surface area contributed by atoms with E-state index < -0.39 is 4.92 Å². The van der Waals surface area contributed by atoms with Gasteiger partial charge in [-0.05, 0) is 18.2 Å². The van der Waals surface area contributed by atoms with Gasteiger partial charge in [-0.3, -0.25) is 14.9 Å². The molecule has 0 spiro atoms. The molecule has 114 valence electrons. The van der Waals surface area contributed by atoms with Crippen LogP contribution >= 0.6 is 11.8 Å². The molecule has 2 rings (SSSR count). The first-order valence-electron chi connectivity index (χ1n) is 6.43. The van der Waals surface area contributed by atoms with Crippen molar-refractivity contribution in [2.75, 3.05) is 5.75 Å². The van der Waals surface area contributed by atoms with Crippen molar-refractivity contribution in [1.29, 1.82) is 0 Å². The van der Waals surface area contributed by atoms with Crippen LogP contribution in [0.15, 0.2) is 53.4 Å². The van der Waals surface area contributed by atoms with Crippen molar-refractivity contribution in [1.82, 2.24) is 5.32 Å². The molecule has 0 atom stereocenters. The van der Waals surface area contributed by atoms with Crippen molar-refractivity contribution in [3.8, 4) is 0 Å². The Hall–Kier alpha value is -2.41. The third kappa shape index (κ3) is 4.56. The number of non-ortho nitro benzene ring substituents is 1. The van der Waals surface area contributed by atoms with E-state index in [1.165, 1.54) is 30.0 Å². The van der Waals surface area contributed by atoms with Gasteiger partial charge in [0.25, 0.3) is 5.69 Å². The number of carbonyl (C=O) groups excluding carboxylic acids is 1. The molecule has 22 heavy (non-hydrogen) atoms. The summed E-state index contributed by atoms with van der Waals surface area (Å²) in [6.45, 7) is 0.131. The predicted molar refractivity (Wildman–Crippen MR) is 82.1 cm³/mol. The van der Waals surface area contributed by atoms with Crippen LogP contribution in [-0.2, 0) is 11.3 Å². The van der Waals surface area contributed by atoms with Gasteiger partial charge >= 0.3 is 0 Å². The summed E-state index contributed by atoms with van der Waals surface area (Å²) in [6, 6.07) is 12.2. The van der Waals surface area contributed by atoms with Crippen LogP contribution in [-0.4, -0.2) is 16.6 Å². The second kappa shape index (κ2) is 7.56. The highest BCUT2D eigenvalue weighted by atomic mass is 32.2. The molecule has 0 aliphatic rings. The molecule has 0 radical (unpaired) electrons. The van der Waals surface area contributed by atoms with E-state index in [0.717, 1.165) is 4.90 Å². The fourth-order valence-electron chi connectivity index (χ4n) is 1.70. The predicted octanol–water partition coefficient (Wildman–Crippen LogP) is 3.14. The summed E-state index contributed by atoms with van der Waals surface area (Å²) in [5, 5.41) is 13.2. The normalized spacial score (nSPS) is 10.2. The first-order chi connectivity index (χ1) is 10.6. The number of nitro benzene ring substituents is 1. The van der Waals surface area contributed by atoms with Crippen LogP contribution < -0.4 is 5.32 Å². The van der Waals surface area contributed by atoms with Crippen LogP contribution in [0.4, 0.5) is 10.1 Å². The SMILES string of the molecule is O=C(CSc1ccc([N+](=O)[O-])cc1)NCc1ccccc1F. The average molecular weight is 320 g/mol. The minimum Gasteiger partial charge on any atom is -0.351 e. The smallest absolute Gasteiger partial charge is 0.269 e. The van der Waals surface area contributed by atoms with Crippen molar-refractivity contribution >= 4 is 23.4 Å². The maximum absolute atomic E-state index is 13.4. The quantitative estimate of drug-likeness (QED) is 0.504. The summed E-state index contributed by atoms with van der Waals surface area (Å²) in [7, 11) is 0. The van der Waals surface area contributed by atoms with Crippen LogP contribution in [0, 0.1) is 15.9 Å². The van der Waals surface area contributed by atoms with Gasteiger partial charge in [-0.25, -0.2) is 4.39 Å². The molecule has 0 aromatic heterocycles. The van der Waals surface area contributed by atoms with E-state index in [4.69, 9.17) is 0 Å². The van der Waals surface area contributed by atoms with Gasteiger partial charge in [0.15, 0.2) is 0 Å². The summed E-state index contributed by atoms with van der Waals surface area (Å²) in [6.07, 6.45) is 0. The van der Waals surface area contributed by atoms with E-state index >= 15 is 0 Å². The van der Waals surface area contributed by atoms with E-state index in [-0.39, 0.29) is 29.7 Å². The van der Waals surface area contributed by atoms with E-state index in [1.54, 1.807) is 30.3 Å². The Kier molecular flexibility index (Phi) is 5.48. The summed E-state index contributed by atoms with van der Waals surface area (Å²) in [4.78, 5) is 22.5. The third-order valence-corrected chi connectivity index (χ3v) is 3.86. The molecule has 2 aromatic rings. The molecule has 0 unspecified atom stereocenters. The number of hydrogen-bond donors (Lipinski definition) is 1. The second-order valence-electron chi connectivity index (χ2n) is 4.41. The molecule has 0 saturated carbocycles. The van der Waals surface area contributed by atoms with Gasteiger partial charge in [0.1, 0.15) is 5.82 Å². The van der Waals surface area contributed by atoms with Gasteiger partial charge in [-0.1, -0.05) is 18.2 Å². The Bertz CT molecular complexity index is 677. The molecular weight excluding hydrogens is 307 g/mol. The molecule has 0 fully saturated rings. The molecule has 0 saturated heterocycles. The van der Waals surface area contributed by atoms with E-state index in [1.807, 2.05) is 0 Å². The fraction of sp³-hybridized carbons (Fsp3) is 0.133. The monoisotopic (exact) mass is 320 g/mol. The van der Waals surface area contributed by atoms with Gasteiger partial charge in [0, 0.05) is 29.1 Å². The van der Waals surface area contributed by atoms with Gasteiger partial charge < -0.3 is 5.32 Å². The van der Waals surface area contributed by atoms with Gasteiger partial charge in [0.2, 0.25) is 5.91 Å². The number of hydrogen-bond acceptors (Lipinski definition) is 4. The Morgan fingerprint density at radius 2 is 1.86 bits per heavy atom. The maximum atomic E-state index is 13.4. The largest absolute Gasteiger partial charge is 0.351 e. The highest BCUT2D eigenvalue weighted by Gasteiger charge is 2.07. The first-order valence-corrected chi connectivity index (χ1v) is 7.42. The molecule has 7 heteroatoms. The number of benzene rings is 2. The number of carbonyl (C=O) groups is 1. The summed E-state index contributed by atoms with van der Waals surface area (Å²) < 4.78 is 13.4. The van der Waals surface area contributed by atoms with Crippen molar-refractivity contribution in [2.24, 2.45) is 0 Å². The number of halogens is 1. The summed E-state index contributed by atoms with van der Waals surface area (Å²) in [5.74, 6) is -0.427. The Balaban J connectivity index is 1.80. The van der Waals surface area contributed by atoms with Gasteiger partial charge in [-0.15, -0.1) is 11.8 Å². The second-order valence-corrected chi connectivity index (χ2v) is 5.46. The zero-order valence-corrected chi connectivity index (χ0v) is 12.3. The van der Waals surface area contributed by atoms with Crippen molar-refractivity contribution in [3.05, 3.63) is 70.0 Å².